The first-order valence-electron chi connectivity index (χ1n) is 5.39. The van der Waals surface area contributed by atoms with Gasteiger partial charge in [0.1, 0.15) is 0 Å². The highest BCUT2D eigenvalue weighted by molar-refractivity contribution is 5.36. The molecular formula is C11H16N4O. The second-order valence-corrected chi connectivity index (χ2v) is 3.97. The van der Waals surface area contributed by atoms with Gasteiger partial charge in [-0.1, -0.05) is 6.92 Å². The van der Waals surface area contributed by atoms with E-state index in [9.17, 15) is 0 Å². The maximum absolute atomic E-state index is 8.90. The summed E-state index contributed by atoms with van der Waals surface area (Å²) in [5.74, 6) is 0.279. The minimum Gasteiger partial charge on any atom is -0.396 e. The number of aliphatic hydroxyl groups excluding tert-OH is 1. The third-order valence-electron chi connectivity index (χ3n) is 2.50. The Kier molecular flexibility index (Phi) is 3.48. The van der Waals surface area contributed by atoms with Gasteiger partial charge >= 0.3 is 0 Å². The molecule has 0 aromatic carbocycles. The molecule has 16 heavy (non-hydrogen) atoms. The highest BCUT2D eigenvalue weighted by Gasteiger charge is 2.03. The lowest BCUT2D eigenvalue weighted by atomic mass is 10.2. The summed E-state index contributed by atoms with van der Waals surface area (Å²) in [6.07, 6.45) is 7.22. The first-order valence-corrected chi connectivity index (χ1v) is 5.39. The van der Waals surface area contributed by atoms with Crippen molar-refractivity contribution in [1.82, 2.24) is 19.7 Å². The molecular weight excluding hydrogens is 204 g/mol. The van der Waals surface area contributed by atoms with Crippen molar-refractivity contribution in [3.05, 3.63) is 30.5 Å². The molecule has 2 N–H and O–H groups in total. The van der Waals surface area contributed by atoms with Gasteiger partial charge in [0.2, 0.25) is 0 Å². The molecule has 0 aliphatic heterocycles. The predicted molar refractivity (Wildman–Crippen MR) is 60.9 cm³/mol. The quantitative estimate of drug-likeness (QED) is 0.768. The molecule has 0 saturated heterocycles. The van der Waals surface area contributed by atoms with Crippen LogP contribution in [0.1, 0.15) is 12.6 Å². The standard InChI is InChI=1S/C11H16N4O/c1-9(8-16)4-13-5-10-6-14-11-7-12-2-3-15(10)11/h2-3,6-7,9,13,16H,4-5,8H2,1H3. The van der Waals surface area contributed by atoms with Crippen LogP contribution in [-0.4, -0.2) is 32.6 Å². The van der Waals surface area contributed by atoms with E-state index in [4.69, 9.17) is 5.11 Å². The van der Waals surface area contributed by atoms with Gasteiger partial charge in [-0.3, -0.25) is 9.38 Å². The summed E-state index contributed by atoms with van der Waals surface area (Å²) < 4.78 is 2.00. The summed E-state index contributed by atoms with van der Waals surface area (Å²) in [6, 6.07) is 0. The van der Waals surface area contributed by atoms with Crippen LogP contribution in [0.3, 0.4) is 0 Å². The number of aromatic nitrogens is 3. The van der Waals surface area contributed by atoms with Gasteiger partial charge < -0.3 is 10.4 Å². The molecule has 1 atom stereocenters. The van der Waals surface area contributed by atoms with Gasteiger partial charge in [-0.15, -0.1) is 0 Å². The topological polar surface area (TPSA) is 62.5 Å². The molecule has 2 aromatic rings. The lowest BCUT2D eigenvalue weighted by molar-refractivity contribution is 0.233. The first kappa shape index (κ1) is 11.0. The lowest BCUT2D eigenvalue weighted by Crippen LogP contribution is -2.23. The molecule has 86 valence electrons. The van der Waals surface area contributed by atoms with E-state index in [0.717, 1.165) is 24.4 Å². The lowest BCUT2D eigenvalue weighted by Gasteiger charge is -2.08. The highest BCUT2D eigenvalue weighted by atomic mass is 16.3. The third-order valence-corrected chi connectivity index (χ3v) is 2.50. The number of hydrogen-bond donors (Lipinski definition) is 2. The van der Waals surface area contributed by atoms with Crippen molar-refractivity contribution in [3.8, 4) is 0 Å². The number of hydrogen-bond acceptors (Lipinski definition) is 4. The molecule has 5 nitrogen and oxygen atoms in total. The summed E-state index contributed by atoms with van der Waals surface area (Å²) in [7, 11) is 0. The number of rotatable bonds is 5. The van der Waals surface area contributed by atoms with Gasteiger partial charge in [0.15, 0.2) is 5.65 Å². The van der Waals surface area contributed by atoms with Crippen molar-refractivity contribution in [1.29, 1.82) is 0 Å². The fourth-order valence-corrected chi connectivity index (χ4v) is 1.54. The van der Waals surface area contributed by atoms with Gasteiger partial charge in [0.05, 0.1) is 18.1 Å². The van der Waals surface area contributed by atoms with Crippen molar-refractivity contribution in [2.24, 2.45) is 5.92 Å². The Labute approximate surface area is 94.2 Å². The number of nitrogens with one attached hydrogen (secondary N) is 1. The Balaban J connectivity index is 1.99. The molecule has 0 saturated carbocycles. The molecule has 2 aromatic heterocycles. The van der Waals surface area contributed by atoms with E-state index in [2.05, 4.69) is 15.3 Å². The van der Waals surface area contributed by atoms with Gasteiger partial charge in [0, 0.05) is 32.1 Å². The predicted octanol–water partition coefficient (Wildman–Crippen LogP) is 0.447. The number of nitrogens with zero attached hydrogens (tertiary/aromatic N) is 3. The fourth-order valence-electron chi connectivity index (χ4n) is 1.54. The molecule has 2 heterocycles. The van der Waals surface area contributed by atoms with Crippen LogP contribution in [0.2, 0.25) is 0 Å². The second kappa shape index (κ2) is 5.05. The molecule has 0 aliphatic rings. The van der Waals surface area contributed by atoms with E-state index in [1.54, 1.807) is 12.4 Å². The van der Waals surface area contributed by atoms with Crippen LogP contribution in [0.5, 0.6) is 0 Å². The van der Waals surface area contributed by atoms with Crippen LogP contribution >= 0.6 is 0 Å². The van der Waals surface area contributed by atoms with Crippen LogP contribution in [0.4, 0.5) is 0 Å². The number of aliphatic hydroxyl groups is 1. The average Bonchev–Trinajstić information content (AvgIpc) is 2.73. The van der Waals surface area contributed by atoms with Gasteiger partial charge in [-0.25, -0.2) is 4.98 Å². The highest BCUT2D eigenvalue weighted by Crippen LogP contribution is 2.04. The van der Waals surface area contributed by atoms with Gasteiger partial charge in [-0.2, -0.15) is 0 Å². The Morgan fingerprint density at radius 3 is 3.19 bits per heavy atom. The van der Waals surface area contributed by atoms with Crippen LogP contribution in [0.25, 0.3) is 5.65 Å². The Morgan fingerprint density at radius 1 is 1.50 bits per heavy atom. The van der Waals surface area contributed by atoms with Crippen LogP contribution in [0.15, 0.2) is 24.8 Å². The molecule has 0 spiro atoms. The SMILES string of the molecule is CC(CO)CNCc1cnc2cnccn12. The third kappa shape index (κ3) is 2.37. The van der Waals surface area contributed by atoms with Gasteiger partial charge in [-0.05, 0) is 5.92 Å². The Hall–Kier alpha value is -1.46. The molecule has 5 heteroatoms. The zero-order valence-electron chi connectivity index (χ0n) is 9.30. The zero-order valence-corrected chi connectivity index (χ0v) is 9.30. The van der Waals surface area contributed by atoms with E-state index < -0.39 is 0 Å². The van der Waals surface area contributed by atoms with Crippen LogP contribution in [-0.2, 0) is 6.54 Å². The normalized spacial score (nSPS) is 13.1. The minimum atomic E-state index is 0.212. The first-order chi connectivity index (χ1) is 7.81. The molecule has 0 amide bonds. The maximum Gasteiger partial charge on any atom is 0.155 e. The summed E-state index contributed by atoms with van der Waals surface area (Å²) in [6.45, 7) is 3.76. The Bertz CT molecular complexity index is 454. The second-order valence-electron chi connectivity index (χ2n) is 3.97. The van der Waals surface area contributed by atoms with Crippen LogP contribution < -0.4 is 5.32 Å². The van der Waals surface area contributed by atoms with Crippen molar-refractivity contribution >= 4 is 5.65 Å². The molecule has 0 fully saturated rings. The molecule has 0 aliphatic carbocycles. The summed E-state index contributed by atoms with van der Waals surface area (Å²) in [5, 5.41) is 12.2. The van der Waals surface area contributed by atoms with Crippen molar-refractivity contribution in [2.45, 2.75) is 13.5 Å². The molecule has 1 unspecified atom stereocenters. The van der Waals surface area contributed by atoms with Crippen molar-refractivity contribution in [2.75, 3.05) is 13.2 Å². The average molecular weight is 220 g/mol. The number of fused-ring (bicyclic) bond motifs is 1. The van der Waals surface area contributed by atoms with Gasteiger partial charge in [0.25, 0.3) is 0 Å². The van der Waals surface area contributed by atoms with E-state index in [-0.39, 0.29) is 12.5 Å². The summed E-state index contributed by atoms with van der Waals surface area (Å²) in [4.78, 5) is 8.26. The van der Waals surface area contributed by atoms with E-state index in [1.165, 1.54) is 0 Å². The smallest absolute Gasteiger partial charge is 0.155 e. The largest absolute Gasteiger partial charge is 0.396 e. The monoisotopic (exact) mass is 220 g/mol. The molecule has 0 radical (unpaired) electrons. The summed E-state index contributed by atoms with van der Waals surface area (Å²) in [5.41, 5.74) is 1.96. The fraction of sp³-hybridized carbons (Fsp3) is 0.455. The number of imidazole rings is 1. The van der Waals surface area contributed by atoms with Crippen LogP contribution in [0, 0.1) is 5.92 Å². The molecule has 0 bridgehead atoms. The minimum absolute atomic E-state index is 0.212. The Morgan fingerprint density at radius 2 is 2.38 bits per heavy atom. The van der Waals surface area contributed by atoms with Crippen molar-refractivity contribution in [3.63, 3.8) is 0 Å². The summed E-state index contributed by atoms with van der Waals surface area (Å²) >= 11 is 0. The molecule has 2 rings (SSSR count). The van der Waals surface area contributed by atoms with Crippen molar-refractivity contribution < 1.29 is 5.11 Å². The van der Waals surface area contributed by atoms with E-state index in [1.807, 2.05) is 23.7 Å². The van der Waals surface area contributed by atoms with E-state index >= 15 is 0 Å². The zero-order chi connectivity index (χ0) is 11.4. The maximum atomic E-state index is 8.90. The van der Waals surface area contributed by atoms with E-state index in [0.29, 0.717) is 0 Å².